The third-order valence-corrected chi connectivity index (χ3v) is 5.62. The fourth-order valence-corrected chi connectivity index (χ4v) is 4.08. The second-order valence-corrected chi connectivity index (χ2v) is 7.73. The molecule has 0 atom stereocenters. The van der Waals surface area contributed by atoms with E-state index in [1.54, 1.807) is 7.11 Å². The molecule has 3 heteroatoms. The number of hydrogen-bond donors (Lipinski definition) is 1. The van der Waals surface area contributed by atoms with Crippen LogP contribution < -0.4 is 9.47 Å². The topological polar surface area (TPSA) is 38.7 Å². The van der Waals surface area contributed by atoms with Crippen molar-refractivity contribution in [2.75, 3.05) is 7.11 Å². The van der Waals surface area contributed by atoms with Crippen molar-refractivity contribution in [3.8, 4) is 11.5 Å². The molecule has 128 valence electrons. The van der Waals surface area contributed by atoms with Crippen LogP contribution in [0.3, 0.4) is 0 Å². The lowest BCUT2D eigenvalue weighted by Gasteiger charge is -2.36. The quantitative estimate of drug-likeness (QED) is 0.868. The Kier molecular flexibility index (Phi) is 5.15. The van der Waals surface area contributed by atoms with Crippen LogP contribution in [0, 0.1) is 5.41 Å². The van der Waals surface area contributed by atoms with Gasteiger partial charge in [-0.05, 0) is 80.9 Å². The molecule has 0 heterocycles. The molecule has 0 aliphatic heterocycles. The molecule has 0 radical (unpaired) electrons. The highest BCUT2D eigenvalue weighted by Gasteiger charge is 2.30. The molecule has 0 aromatic heterocycles. The highest BCUT2D eigenvalue weighted by molar-refractivity contribution is 5.43. The first-order valence-electron chi connectivity index (χ1n) is 9.10. The Morgan fingerprint density at radius 1 is 1.09 bits per heavy atom. The second kappa shape index (κ2) is 7.12. The average molecular weight is 318 g/mol. The van der Waals surface area contributed by atoms with Crippen LogP contribution in [0.4, 0.5) is 0 Å². The molecule has 2 aliphatic rings. The van der Waals surface area contributed by atoms with Crippen molar-refractivity contribution in [1.29, 1.82) is 0 Å². The van der Waals surface area contributed by atoms with Gasteiger partial charge in [-0.1, -0.05) is 13.0 Å². The van der Waals surface area contributed by atoms with Crippen molar-refractivity contribution >= 4 is 0 Å². The summed E-state index contributed by atoms with van der Waals surface area (Å²) in [6, 6.07) is 6.38. The molecule has 0 bridgehead atoms. The molecule has 1 N–H and O–H groups in total. The fraction of sp³-hybridized carbons (Fsp3) is 0.700. The number of methoxy groups -OCH3 is 1. The van der Waals surface area contributed by atoms with Crippen LogP contribution in [-0.2, 0) is 6.42 Å². The Morgan fingerprint density at radius 3 is 2.43 bits per heavy atom. The van der Waals surface area contributed by atoms with Gasteiger partial charge < -0.3 is 14.6 Å². The van der Waals surface area contributed by atoms with Crippen LogP contribution in [0.15, 0.2) is 18.2 Å². The molecular weight excluding hydrogens is 288 g/mol. The summed E-state index contributed by atoms with van der Waals surface area (Å²) < 4.78 is 11.7. The summed E-state index contributed by atoms with van der Waals surface area (Å²) in [5.74, 6) is 1.74. The van der Waals surface area contributed by atoms with E-state index in [1.807, 2.05) is 6.07 Å². The fourth-order valence-electron chi connectivity index (χ4n) is 4.08. The van der Waals surface area contributed by atoms with Gasteiger partial charge in [0.05, 0.1) is 19.3 Å². The van der Waals surface area contributed by atoms with Gasteiger partial charge in [0.1, 0.15) is 0 Å². The van der Waals surface area contributed by atoms with Crippen molar-refractivity contribution in [2.24, 2.45) is 5.41 Å². The summed E-state index contributed by atoms with van der Waals surface area (Å²) >= 11 is 0. The molecule has 3 rings (SSSR count). The van der Waals surface area contributed by atoms with Crippen molar-refractivity contribution < 1.29 is 14.6 Å². The Balaban J connectivity index is 1.72. The van der Waals surface area contributed by atoms with Crippen molar-refractivity contribution in [3.63, 3.8) is 0 Å². The SMILES string of the molecule is COc1ccc(CC2(C)CCC(O)CC2)cc1OC1CCCC1. The van der Waals surface area contributed by atoms with Gasteiger partial charge in [0, 0.05) is 0 Å². The van der Waals surface area contributed by atoms with Crippen molar-refractivity contribution in [3.05, 3.63) is 23.8 Å². The number of ether oxygens (including phenoxy) is 2. The van der Waals surface area contributed by atoms with E-state index in [1.165, 1.54) is 18.4 Å². The van der Waals surface area contributed by atoms with Gasteiger partial charge in [0.2, 0.25) is 0 Å². The normalized spacial score (nSPS) is 28.7. The molecule has 2 fully saturated rings. The van der Waals surface area contributed by atoms with E-state index >= 15 is 0 Å². The molecule has 1 aromatic rings. The number of aliphatic hydroxyl groups is 1. The average Bonchev–Trinajstić information content (AvgIpc) is 3.04. The summed E-state index contributed by atoms with van der Waals surface area (Å²) in [5, 5.41) is 9.74. The smallest absolute Gasteiger partial charge is 0.161 e. The second-order valence-electron chi connectivity index (χ2n) is 7.73. The van der Waals surface area contributed by atoms with Gasteiger partial charge in [-0.2, -0.15) is 0 Å². The zero-order valence-electron chi connectivity index (χ0n) is 14.5. The summed E-state index contributed by atoms with van der Waals surface area (Å²) in [5.41, 5.74) is 1.61. The Bertz CT molecular complexity index is 512. The number of hydrogen-bond acceptors (Lipinski definition) is 3. The van der Waals surface area contributed by atoms with Gasteiger partial charge >= 0.3 is 0 Å². The number of benzene rings is 1. The minimum absolute atomic E-state index is 0.0970. The largest absolute Gasteiger partial charge is 0.493 e. The first-order valence-corrected chi connectivity index (χ1v) is 9.10. The van der Waals surface area contributed by atoms with E-state index in [2.05, 4.69) is 19.1 Å². The van der Waals surface area contributed by atoms with Crippen molar-refractivity contribution in [2.45, 2.75) is 76.9 Å². The number of rotatable bonds is 5. The minimum atomic E-state index is -0.0970. The van der Waals surface area contributed by atoms with E-state index in [4.69, 9.17) is 9.47 Å². The first-order chi connectivity index (χ1) is 11.1. The molecule has 1 aromatic carbocycles. The van der Waals surface area contributed by atoms with E-state index in [9.17, 15) is 5.11 Å². The van der Waals surface area contributed by atoms with Crippen LogP contribution >= 0.6 is 0 Å². The van der Waals surface area contributed by atoms with Crippen LogP contribution in [0.1, 0.15) is 63.9 Å². The highest BCUT2D eigenvalue weighted by atomic mass is 16.5. The molecule has 0 amide bonds. The minimum Gasteiger partial charge on any atom is -0.493 e. The molecule has 23 heavy (non-hydrogen) atoms. The molecule has 2 saturated carbocycles. The Labute approximate surface area is 140 Å². The summed E-state index contributed by atoms with van der Waals surface area (Å²) in [7, 11) is 1.71. The van der Waals surface area contributed by atoms with Gasteiger partial charge in [-0.3, -0.25) is 0 Å². The lowest BCUT2D eigenvalue weighted by atomic mass is 9.71. The highest BCUT2D eigenvalue weighted by Crippen LogP contribution is 2.40. The maximum absolute atomic E-state index is 9.74. The van der Waals surface area contributed by atoms with Crippen LogP contribution in [0.2, 0.25) is 0 Å². The Morgan fingerprint density at radius 2 is 1.78 bits per heavy atom. The van der Waals surface area contributed by atoms with Gasteiger partial charge in [-0.15, -0.1) is 0 Å². The molecule has 0 saturated heterocycles. The molecule has 2 aliphatic carbocycles. The zero-order chi connectivity index (χ0) is 16.3. The zero-order valence-corrected chi connectivity index (χ0v) is 14.5. The third-order valence-electron chi connectivity index (χ3n) is 5.62. The van der Waals surface area contributed by atoms with Crippen LogP contribution in [0.25, 0.3) is 0 Å². The van der Waals surface area contributed by atoms with Gasteiger partial charge in [0.15, 0.2) is 11.5 Å². The summed E-state index contributed by atoms with van der Waals surface area (Å²) in [6.07, 6.45) is 10.2. The lowest BCUT2D eigenvalue weighted by Crippen LogP contribution is -2.28. The molecular formula is C20H30O3. The predicted molar refractivity (Wildman–Crippen MR) is 92.2 cm³/mol. The van der Waals surface area contributed by atoms with E-state index in [0.29, 0.717) is 11.5 Å². The number of aliphatic hydroxyl groups excluding tert-OH is 1. The Hall–Kier alpha value is -1.22. The molecule has 0 spiro atoms. The van der Waals surface area contributed by atoms with Crippen LogP contribution in [-0.4, -0.2) is 24.4 Å². The molecule has 0 unspecified atom stereocenters. The maximum atomic E-state index is 9.74. The van der Waals surface area contributed by atoms with Gasteiger partial charge in [-0.25, -0.2) is 0 Å². The van der Waals surface area contributed by atoms with Gasteiger partial charge in [0.25, 0.3) is 0 Å². The van der Waals surface area contributed by atoms with E-state index in [0.717, 1.165) is 56.4 Å². The monoisotopic (exact) mass is 318 g/mol. The lowest BCUT2D eigenvalue weighted by molar-refractivity contribution is 0.0715. The summed E-state index contributed by atoms with van der Waals surface area (Å²) in [4.78, 5) is 0. The third kappa shape index (κ3) is 4.20. The molecule has 3 nitrogen and oxygen atoms in total. The standard InChI is InChI=1S/C20H30O3/c1-20(11-9-16(21)10-12-20)14-15-7-8-18(22-2)19(13-15)23-17-5-3-4-6-17/h7-8,13,16-17,21H,3-6,9-12,14H2,1-2H3. The van der Waals surface area contributed by atoms with E-state index < -0.39 is 0 Å². The van der Waals surface area contributed by atoms with Crippen LogP contribution in [0.5, 0.6) is 11.5 Å². The maximum Gasteiger partial charge on any atom is 0.161 e. The first kappa shape index (κ1) is 16.6. The predicted octanol–water partition coefficient (Wildman–Crippen LogP) is 4.50. The summed E-state index contributed by atoms with van der Waals surface area (Å²) in [6.45, 7) is 2.35. The van der Waals surface area contributed by atoms with Crippen molar-refractivity contribution in [1.82, 2.24) is 0 Å². The van der Waals surface area contributed by atoms with E-state index in [-0.39, 0.29) is 6.10 Å².